The number of benzene rings is 1. The van der Waals surface area contributed by atoms with Crippen molar-refractivity contribution in [2.75, 3.05) is 14.2 Å². The molecule has 1 aromatic rings. The normalized spacial score (nSPS) is 11.5. The van der Waals surface area contributed by atoms with Crippen LogP contribution in [0.25, 0.3) is 0 Å². The molecule has 6 nitrogen and oxygen atoms in total. The number of rotatable bonds is 6. The van der Waals surface area contributed by atoms with Gasteiger partial charge in [0.1, 0.15) is 6.04 Å². The van der Waals surface area contributed by atoms with Crippen LogP contribution in [0.2, 0.25) is 0 Å². The molecule has 2 amide bonds. The first-order valence-electron chi connectivity index (χ1n) is 5.75. The highest BCUT2D eigenvalue weighted by Gasteiger charge is 2.17. The Morgan fingerprint density at radius 3 is 2.37 bits per heavy atom. The Morgan fingerprint density at radius 2 is 1.89 bits per heavy atom. The molecular weight excluding hydrogens is 248 g/mol. The second kappa shape index (κ2) is 6.63. The number of ether oxygens (including phenoxy) is 2. The summed E-state index contributed by atoms with van der Waals surface area (Å²) in [5.74, 6) is 0.279. The molecule has 19 heavy (non-hydrogen) atoms. The van der Waals surface area contributed by atoms with Gasteiger partial charge < -0.3 is 20.5 Å². The molecular formula is C13H18N2O4. The van der Waals surface area contributed by atoms with Crippen LogP contribution in [0.15, 0.2) is 18.2 Å². The zero-order valence-electron chi connectivity index (χ0n) is 11.2. The van der Waals surface area contributed by atoms with Gasteiger partial charge in [0.15, 0.2) is 11.5 Å². The minimum absolute atomic E-state index is 0.301. The molecule has 0 bridgehead atoms. The molecule has 0 saturated heterocycles. The van der Waals surface area contributed by atoms with Crippen LogP contribution in [0.3, 0.4) is 0 Å². The van der Waals surface area contributed by atoms with E-state index in [0.29, 0.717) is 17.9 Å². The predicted octanol–water partition coefficient (Wildman–Crippen LogP) is 0.236. The van der Waals surface area contributed by atoms with Crippen LogP contribution in [-0.2, 0) is 16.0 Å². The van der Waals surface area contributed by atoms with Crippen LogP contribution < -0.4 is 20.5 Å². The molecule has 1 aromatic carbocycles. The smallest absolute Gasteiger partial charge is 0.240 e. The number of nitrogens with one attached hydrogen (secondary N) is 1. The van der Waals surface area contributed by atoms with E-state index in [1.165, 1.54) is 14.0 Å². The lowest BCUT2D eigenvalue weighted by molar-refractivity contribution is -0.126. The van der Waals surface area contributed by atoms with Gasteiger partial charge in [-0.25, -0.2) is 0 Å². The highest BCUT2D eigenvalue weighted by atomic mass is 16.5. The monoisotopic (exact) mass is 266 g/mol. The maximum atomic E-state index is 11.3. The van der Waals surface area contributed by atoms with Crippen molar-refractivity contribution in [3.63, 3.8) is 0 Å². The number of nitrogens with two attached hydrogens (primary N) is 1. The van der Waals surface area contributed by atoms with E-state index in [-0.39, 0.29) is 5.91 Å². The van der Waals surface area contributed by atoms with E-state index in [0.717, 1.165) is 5.56 Å². The van der Waals surface area contributed by atoms with Crippen molar-refractivity contribution in [2.24, 2.45) is 5.73 Å². The zero-order chi connectivity index (χ0) is 14.4. The second-order valence-corrected chi connectivity index (χ2v) is 4.05. The van der Waals surface area contributed by atoms with Crippen molar-refractivity contribution >= 4 is 11.8 Å². The number of carbonyl (C=O) groups excluding carboxylic acids is 2. The Labute approximate surface area is 111 Å². The third kappa shape index (κ3) is 4.17. The standard InChI is InChI=1S/C13H18N2O4/c1-8(16)15-10(13(14)17)6-9-4-5-11(18-2)12(7-9)19-3/h4-5,7,10H,6H2,1-3H3,(H2,14,17)(H,15,16). The number of carbonyl (C=O) groups is 2. The van der Waals surface area contributed by atoms with E-state index in [4.69, 9.17) is 15.2 Å². The second-order valence-electron chi connectivity index (χ2n) is 4.05. The lowest BCUT2D eigenvalue weighted by Gasteiger charge is -2.15. The van der Waals surface area contributed by atoms with Gasteiger partial charge in [0.05, 0.1) is 14.2 Å². The molecule has 1 atom stereocenters. The largest absolute Gasteiger partial charge is 0.493 e. The summed E-state index contributed by atoms with van der Waals surface area (Å²) in [6.07, 6.45) is 0.301. The maximum Gasteiger partial charge on any atom is 0.240 e. The molecule has 1 rings (SSSR count). The molecule has 0 aliphatic heterocycles. The summed E-state index contributed by atoms with van der Waals surface area (Å²) in [5.41, 5.74) is 6.06. The molecule has 0 fully saturated rings. The number of methoxy groups -OCH3 is 2. The van der Waals surface area contributed by atoms with E-state index < -0.39 is 11.9 Å². The van der Waals surface area contributed by atoms with Crippen molar-refractivity contribution in [1.29, 1.82) is 0 Å². The van der Waals surface area contributed by atoms with Crippen molar-refractivity contribution in [1.82, 2.24) is 5.32 Å². The van der Waals surface area contributed by atoms with Gasteiger partial charge in [-0.15, -0.1) is 0 Å². The molecule has 3 N–H and O–H groups in total. The van der Waals surface area contributed by atoms with Crippen LogP contribution in [-0.4, -0.2) is 32.1 Å². The van der Waals surface area contributed by atoms with E-state index >= 15 is 0 Å². The first-order valence-corrected chi connectivity index (χ1v) is 5.75. The molecule has 1 unspecified atom stereocenters. The van der Waals surface area contributed by atoms with Crippen LogP contribution in [0.4, 0.5) is 0 Å². The third-order valence-corrected chi connectivity index (χ3v) is 2.61. The molecule has 0 aromatic heterocycles. The van der Waals surface area contributed by atoms with E-state index in [1.807, 2.05) is 0 Å². The fourth-order valence-electron chi connectivity index (χ4n) is 1.71. The zero-order valence-corrected chi connectivity index (χ0v) is 11.2. The summed E-state index contributed by atoms with van der Waals surface area (Å²) in [7, 11) is 3.07. The Morgan fingerprint density at radius 1 is 1.26 bits per heavy atom. The van der Waals surface area contributed by atoms with Gasteiger partial charge in [-0.2, -0.15) is 0 Å². The average Bonchev–Trinajstić information content (AvgIpc) is 2.37. The van der Waals surface area contributed by atoms with Crippen LogP contribution in [0.1, 0.15) is 12.5 Å². The summed E-state index contributed by atoms with van der Waals surface area (Å²) in [5, 5.41) is 2.51. The van der Waals surface area contributed by atoms with Crippen molar-refractivity contribution < 1.29 is 19.1 Å². The average molecular weight is 266 g/mol. The van der Waals surface area contributed by atoms with Crippen molar-refractivity contribution in [3.05, 3.63) is 23.8 Å². The summed E-state index contributed by atoms with van der Waals surface area (Å²) in [6, 6.07) is 4.53. The van der Waals surface area contributed by atoms with E-state index in [2.05, 4.69) is 5.32 Å². The number of hydrogen-bond acceptors (Lipinski definition) is 4. The third-order valence-electron chi connectivity index (χ3n) is 2.61. The molecule has 0 aliphatic carbocycles. The topological polar surface area (TPSA) is 90.6 Å². The molecule has 6 heteroatoms. The van der Waals surface area contributed by atoms with Crippen LogP contribution >= 0.6 is 0 Å². The van der Waals surface area contributed by atoms with Crippen molar-refractivity contribution in [3.8, 4) is 11.5 Å². The Hall–Kier alpha value is -2.24. The summed E-state index contributed by atoms with van der Waals surface area (Å²) >= 11 is 0. The number of amides is 2. The lowest BCUT2D eigenvalue weighted by Crippen LogP contribution is -2.44. The molecule has 0 spiro atoms. The van der Waals surface area contributed by atoms with Gasteiger partial charge in [-0.05, 0) is 17.7 Å². The first-order chi connectivity index (χ1) is 8.97. The quantitative estimate of drug-likeness (QED) is 0.771. The van der Waals surface area contributed by atoms with Gasteiger partial charge >= 0.3 is 0 Å². The number of hydrogen-bond donors (Lipinski definition) is 2. The fourth-order valence-corrected chi connectivity index (χ4v) is 1.71. The Kier molecular flexibility index (Phi) is 5.17. The molecule has 104 valence electrons. The fraction of sp³-hybridized carbons (Fsp3) is 0.385. The van der Waals surface area contributed by atoms with E-state index in [9.17, 15) is 9.59 Å². The predicted molar refractivity (Wildman–Crippen MR) is 70.0 cm³/mol. The van der Waals surface area contributed by atoms with Gasteiger partial charge in [-0.1, -0.05) is 6.07 Å². The summed E-state index contributed by atoms with van der Waals surface area (Å²) < 4.78 is 10.3. The van der Waals surface area contributed by atoms with Gasteiger partial charge in [-0.3, -0.25) is 9.59 Å². The molecule has 0 saturated carbocycles. The maximum absolute atomic E-state index is 11.3. The van der Waals surface area contributed by atoms with Crippen LogP contribution in [0.5, 0.6) is 11.5 Å². The minimum atomic E-state index is -0.740. The van der Waals surface area contributed by atoms with Crippen molar-refractivity contribution in [2.45, 2.75) is 19.4 Å². The van der Waals surface area contributed by atoms with E-state index in [1.54, 1.807) is 25.3 Å². The lowest BCUT2D eigenvalue weighted by atomic mass is 10.0. The summed E-state index contributed by atoms with van der Waals surface area (Å²) in [6.45, 7) is 1.34. The SMILES string of the molecule is COc1ccc(CC(NC(C)=O)C(N)=O)cc1OC. The minimum Gasteiger partial charge on any atom is -0.493 e. The number of primary amides is 1. The van der Waals surface area contributed by atoms with Gasteiger partial charge in [0.25, 0.3) is 0 Å². The summed E-state index contributed by atoms with van der Waals surface area (Å²) in [4.78, 5) is 22.3. The molecule has 0 aliphatic rings. The molecule has 0 heterocycles. The highest BCUT2D eigenvalue weighted by Crippen LogP contribution is 2.27. The van der Waals surface area contributed by atoms with Crippen LogP contribution in [0, 0.1) is 0 Å². The first kappa shape index (κ1) is 14.8. The Balaban J connectivity index is 2.90. The van der Waals surface area contributed by atoms with Gasteiger partial charge in [0.2, 0.25) is 11.8 Å². The Bertz CT molecular complexity index is 474. The molecule has 0 radical (unpaired) electrons. The highest BCUT2D eigenvalue weighted by molar-refractivity contribution is 5.85. The van der Waals surface area contributed by atoms with Gasteiger partial charge in [0, 0.05) is 13.3 Å².